The topological polar surface area (TPSA) is 74.6 Å². The molecule has 6 nitrogen and oxygen atoms in total. The molecule has 0 saturated heterocycles. The lowest BCUT2D eigenvalue weighted by molar-refractivity contribution is -0.699. The smallest absolute Gasteiger partial charge is 0.350 e. The van der Waals surface area contributed by atoms with Gasteiger partial charge in [0.15, 0.2) is 18.0 Å². The number of rotatable bonds is 5. The first-order valence-corrected chi connectivity index (χ1v) is 9.97. The molecule has 0 saturated carbocycles. The van der Waals surface area contributed by atoms with Gasteiger partial charge in [0.25, 0.3) is 6.04 Å². The maximum absolute atomic E-state index is 13.6. The van der Waals surface area contributed by atoms with E-state index >= 15 is 0 Å². The van der Waals surface area contributed by atoms with Gasteiger partial charge in [0.1, 0.15) is 11.3 Å². The van der Waals surface area contributed by atoms with Crippen LogP contribution in [0.25, 0.3) is 11.0 Å². The van der Waals surface area contributed by atoms with Crippen molar-refractivity contribution in [2.24, 2.45) is 0 Å². The van der Waals surface area contributed by atoms with Crippen LogP contribution in [0.1, 0.15) is 22.0 Å². The van der Waals surface area contributed by atoms with Gasteiger partial charge in [-0.2, -0.15) is 4.57 Å². The number of hydrogen-bond donors (Lipinski definition) is 1. The summed E-state index contributed by atoms with van der Waals surface area (Å²) in [7, 11) is 3.81. The highest BCUT2D eigenvalue weighted by Gasteiger charge is 2.37. The number of ketones is 1. The minimum absolute atomic E-state index is 0.124. The van der Waals surface area contributed by atoms with Crippen molar-refractivity contribution < 1.29 is 18.9 Å². The van der Waals surface area contributed by atoms with Crippen LogP contribution in [0.2, 0.25) is 5.02 Å². The Kier molecular flexibility index (Phi) is 5.48. The van der Waals surface area contributed by atoms with Gasteiger partial charge in [0.2, 0.25) is 5.78 Å². The minimum Gasteiger partial charge on any atom is -0.506 e. The number of carbonyl (C=O) groups excluding carboxylic acids is 1. The van der Waals surface area contributed by atoms with Gasteiger partial charge >= 0.3 is 5.63 Å². The number of benzene rings is 2. The van der Waals surface area contributed by atoms with E-state index in [9.17, 15) is 14.7 Å². The van der Waals surface area contributed by atoms with Gasteiger partial charge in [0, 0.05) is 42.5 Å². The molecule has 2 aromatic carbocycles. The van der Waals surface area contributed by atoms with Crippen LogP contribution >= 0.6 is 11.6 Å². The maximum Gasteiger partial charge on any atom is 0.350 e. The summed E-state index contributed by atoms with van der Waals surface area (Å²) in [6.45, 7) is 0. The van der Waals surface area contributed by atoms with Gasteiger partial charge in [-0.3, -0.25) is 4.79 Å². The van der Waals surface area contributed by atoms with Gasteiger partial charge in [-0.25, -0.2) is 4.79 Å². The SMILES string of the molecule is CN(C)c1cc[n+](C(C(=O)c2ccc(Cl)cc2)c2c(O)c3ccccc3oc2=O)cc1. The summed E-state index contributed by atoms with van der Waals surface area (Å²) >= 11 is 5.97. The van der Waals surface area contributed by atoms with Crippen LogP contribution in [-0.2, 0) is 0 Å². The van der Waals surface area contributed by atoms with Crippen molar-refractivity contribution in [2.45, 2.75) is 6.04 Å². The monoisotopic (exact) mass is 435 g/mol. The predicted molar refractivity (Wildman–Crippen MR) is 119 cm³/mol. The van der Waals surface area contributed by atoms with E-state index in [0.717, 1.165) is 5.69 Å². The number of aromatic nitrogens is 1. The summed E-state index contributed by atoms with van der Waals surface area (Å²) in [4.78, 5) is 28.4. The highest BCUT2D eigenvalue weighted by molar-refractivity contribution is 6.30. The van der Waals surface area contributed by atoms with Crippen molar-refractivity contribution in [1.82, 2.24) is 0 Å². The molecule has 0 aliphatic rings. The molecule has 4 aromatic rings. The second kappa shape index (κ2) is 8.24. The first-order valence-electron chi connectivity index (χ1n) is 9.59. The largest absolute Gasteiger partial charge is 0.506 e. The van der Waals surface area contributed by atoms with E-state index in [1.54, 1.807) is 65.5 Å². The van der Waals surface area contributed by atoms with Gasteiger partial charge in [-0.1, -0.05) is 23.7 Å². The van der Waals surface area contributed by atoms with Crippen molar-refractivity contribution >= 4 is 34.0 Å². The number of nitrogens with zero attached hydrogens (tertiary/aromatic N) is 2. The fourth-order valence-electron chi connectivity index (χ4n) is 3.48. The third-order valence-electron chi connectivity index (χ3n) is 5.12. The molecule has 2 aromatic heterocycles. The average Bonchev–Trinajstić information content (AvgIpc) is 2.77. The van der Waals surface area contributed by atoms with E-state index < -0.39 is 11.7 Å². The fraction of sp³-hybridized carbons (Fsp3) is 0.125. The zero-order chi connectivity index (χ0) is 22.1. The summed E-state index contributed by atoms with van der Waals surface area (Å²) in [6, 6.07) is 15.6. The highest BCUT2D eigenvalue weighted by atomic mass is 35.5. The molecule has 0 radical (unpaired) electrons. The zero-order valence-electron chi connectivity index (χ0n) is 16.9. The minimum atomic E-state index is -1.13. The quantitative estimate of drug-likeness (QED) is 0.291. The molecule has 1 N–H and O–H groups in total. The number of Topliss-reactive ketones (excluding diaryl/α,β-unsaturated/α-hetero) is 1. The Hall–Kier alpha value is -3.64. The van der Waals surface area contributed by atoms with Crippen molar-refractivity contribution in [3.63, 3.8) is 0 Å². The number of para-hydroxylation sites is 1. The standard InChI is InChI=1S/C24H19ClN2O4/c1-26(2)17-11-13-27(14-12-17)21(22(28)15-7-9-16(25)10-8-15)20-23(29)18-5-3-4-6-19(18)31-24(20)30/h3-14,21H,1-2H3/p+1. The number of aromatic hydroxyl groups is 1. The molecule has 7 heteroatoms. The molecule has 1 atom stereocenters. The Morgan fingerprint density at radius 3 is 2.32 bits per heavy atom. The zero-order valence-corrected chi connectivity index (χ0v) is 17.7. The number of hydrogen-bond acceptors (Lipinski definition) is 5. The molecule has 0 fully saturated rings. The van der Waals surface area contributed by atoms with Gasteiger partial charge < -0.3 is 14.4 Å². The van der Waals surface area contributed by atoms with Crippen LogP contribution in [0.15, 0.2) is 82.3 Å². The van der Waals surface area contributed by atoms with E-state index in [2.05, 4.69) is 0 Å². The Balaban J connectivity index is 1.94. The van der Waals surface area contributed by atoms with Crippen LogP contribution in [0.5, 0.6) is 5.75 Å². The van der Waals surface area contributed by atoms with Crippen LogP contribution in [0, 0.1) is 0 Å². The molecular formula is C24H20ClN2O4+. The first kappa shape index (κ1) is 20.6. The molecule has 0 aliphatic heterocycles. The fourth-order valence-corrected chi connectivity index (χ4v) is 3.60. The molecule has 2 heterocycles. The van der Waals surface area contributed by atoms with Crippen molar-refractivity contribution in [3.8, 4) is 5.75 Å². The van der Waals surface area contributed by atoms with Gasteiger partial charge in [-0.05, 0) is 36.4 Å². The molecule has 31 heavy (non-hydrogen) atoms. The van der Waals surface area contributed by atoms with Crippen LogP contribution in [0.4, 0.5) is 5.69 Å². The molecule has 156 valence electrons. The molecule has 0 amide bonds. The normalized spacial score (nSPS) is 12.0. The Morgan fingerprint density at radius 2 is 1.68 bits per heavy atom. The van der Waals surface area contributed by atoms with Crippen molar-refractivity contribution in [2.75, 3.05) is 19.0 Å². The summed E-state index contributed by atoms with van der Waals surface area (Å²) in [5.41, 5.74) is 0.627. The highest BCUT2D eigenvalue weighted by Crippen LogP contribution is 2.31. The summed E-state index contributed by atoms with van der Waals surface area (Å²) in [5.74, 6) is -0.652. The summed E-state index contributed by atoms with van der Waals surface area (Å²) < 4.78 is 7.02. The van der Waals surface area contributed by atoms with Gasteiger partial charge in [0.05, 0.1) is 5.39 Å². The third-order valence-corrected chi connectivity index (χ3v) is 5.37. The summed E-state index contributed by atoms with van der Waals surface area (Å²) in [5, 5.41) is 11.8. The van der Waals surface area contributed by atoms with E-state index in [0.29, 0.717) is 16.0 Å². The molecule has 4 rings (SSSR count). The molecular weight excluding hydrogens is 416 g/mol. The maximum atomic E-state index is 13.6. The lowest BCUT2D eigenvalue weighted by Gasteiger charge is -2.15. The Morgan fingerprint density at radius 1 is 1.03 bits per heavy atom. The van der Waals surface area contributed by atoms with E-state index in [-0.39, 0.29) is 22.7 Å². The lowest BCUT2D eigenvalue weighted by Crippen LogP contribution is -2.46. The van der Waals surface area contributed by atoms with E-state index in [1.807, 2.05) is 31.1 Å². The number of carbonyl (C=O) groups is 1. The Labute approximate surface area is 183 Å². The van der Waals surface area contributed by atoms with E-state index in [4.69, 9.17) is 16.0 Å². The van der Waals surface area contributed by atoms with E-state index in [1.165, 1.54) is 0 Å². The second-order valence-electron chi connectivity index (χ2n) is 7.32. The first-order chi connectivity index (χ1) is 14.9. The molecule has 0 aliphatic carbocycles. The third kappa shape index (κ3) is 3.90. The van der Waals surface area contributed by atoms with Crippen LogP contribution < -0.4 is 15.1 Å². The van der Waals surface area contributed by atoms with Gasteiger partial charge in [-0.15, -0.1) is 0 Å². The molecule has 0 bridgehead atoms. The van der Waals surface area contributed by atoms with Crippen molar-refractivity contribution in [3.05, 3.63) is 99.6 Å². The Bertz CT molecular complexity index is 1310. The molecule has 1 unspecified atom stereocenters. The molecule has 0 spiro atoms. The average molecular weight is 436 g/mol. The van der Waals surface area contributed by atoms with Crippen LogP contribution in [-0.4, -0.2) is 25.0 Å². The van der Waals surface area contributed by atoms with Crippen LogP contribution in [0.3, 0.4) is 0 Å². The van der Waals surface area contributed by atoms with Crippen molar-refractivity contribution in [1.29, 1.82) is 0 Å². The number of anilines is 1. The number of fused-ring (bicyclic) bond motifs is 1. The lowest BCUT2D eigenvalue weighted by atomic mass is 9.96. The predicted octanol–water partition coefficient (Wildman–Crippen LogP) is 3.98. The summed E-state index contributed by atoms with van der Waals surface area (Å²) in [6.07, 6.45) is 3.39. The number of halogens is 1. The second-order valence-corrected chi connectivity index (χ2v) is 7.76. The number of pyridine rings is 1.